The molecule has 0 aliphatic rings. The number of hydrogen-bond donors (Lipinski definition) is 1. The Morgan fingerprint density at radius 3 is 2.62 bits per heavy atom. The minimum Gasteiger partial charge on any atom is -0.482 e. The van der Waals surface area contributed by atoms with E-state index in [1.54, 1.807) is 12.1 Å². The van der Waals surface area contributed by atoms with Gasteiger partial charge < -0.3 is 15.2 Å². The molecule has 24 heavy (non-hydrogen) atoms. The van der Waals surface area contributed by atoms with E-state index in [2.05, 4.69) is 25.9 Å². The van der Waals surface area contributed by atoms with Crippen LogP contribution in [0.25, 0.3) is 0 Å². The fourth-order valence-corrected chi connectivity index (χ4v) is 2.35. The van der Waals surface area contributed by atoms with Gasteiger partial charge in [-0.3, -0.25) is 0 Å². The van der Waals surface area contributed by atoms with Gasteiger partial charge in [-0.15, -0.1) is 0 Å². The number of hydrogen-bond acceptors (Lipinski definition) is 5. The van der Waals surface area contributed by atoms with Crippen molar-refractivity contribution in [3.05, 3.63) is 70.6 Å². The Morgan fingerprint density at radius 1 is 1.08 bits per heavy atom. The second-order valence-electron chi connectivity index (χ2n) is 5.15. The molecule has 0 atom stereocenters. The van der Waals surface area contributed by atoms with Crippen LogP contribution in [-0.4, -0.2) is 9.97 Å². The molecule has 1 aromatic heterocycles. The Morgan fingerprint density at radius 2 is 1.88 bits per heavy atom. The minimum absolute atomic E-state index is 0.361. The number of benzene rings is 2. The number of ether oxygens (including phenoxy) is 2. The van der Waals surface area contributed by atoms with Crippen LogP contribution in [0.1, 0.15) is 11.3 Å². The van der Waals surface area contributed by atoms with Crippen molar-refractivity contribution in [2.75, 3.05) is 5.73 Å². The number of anilines is 1. The van der Waals surface area contributed by atoms with Gasteiger partial charge in [-0.2, -0.15) is 4.98 Å². The molecule has 1 heterocycles. The van der Waals surface area contributed by atoms with Gasteiger partial charge in [0, 0.05) is 16.2 Å². The zero-order valence-corrected chi connectivity index (χ0v) is 14.7. The lowest BCUT2D eigenvalue weighted by atomic mass is 10.2. The van der Waals surface area contributed by atoms with E-state index in [1.807, 2.05) is 43.3 Å². The van der Waals surface area contributed by atoms with E-state index in [4.69, 9.17) is 15.2 Å². The molecule has 122 valence electrons. The highest BCUT2D eigenvalue weighted by atomic mass is 79.9. The van der Waals surface area contributed by atoms with Crippen LogP contribution >= 0.6 is 15.9 Å². The summed E-state index contributed by atoms with van der Waals surface area (Å²) < 4.78 is 12.5. The molecule has 2 N–H and O–H groups in total. The van der Waals surface area contributed by atoms with E-state index >= 15 is 0 Å². The van der Waals surface area contributed by atoms with Gasteiger partial charge in [0.15, 0.2) is 0 Å². The summed E-state index contributed by atoms with van der Waals surface area (Å²) in [5.41, 5.74) is 8.24. The Balaban J connectivity index is 1.82. The number of aryl methyl sites for hydroxylation is 1. The fraction of sp³-hybridized carbons (Fsp3) is 0.111. The van der Waals surface area contributed by atoms with Crippen molar-refractivity contribution in [2.45, 2.75) is 13.5 Å². The summed E-state index contributed by atoms with van der Waals surface area (Å²) in [5.74, 6) is 1.46. The van der Waals surface area contributed by atoms with E-state index in [-0.39, 0.29) is 0 Å². The van der Waals surface area contributed by atoms with Crippen molar-refractivity contribution < 1.29 is 9.47 Å². The predicted molar refractivity (Wildman–Crippen MR) is 96.2 cm³/mol. The van der Waals surface area contributed by atoms with Gasteiger partial charge in [-0.1, -0.05) is 30.3 Å². The highest BCUT2D eigenvalue weighted by Gasteiger charge is 2.13. The van der Waals surface area contributed by atoms with Crippen LogP contribution < -0.4 is 15.2 Å². The summed E-state index contributed by atoms with van der Waals surface area (Å²) in [6, 6.07) is 15.2. The zero-order chi connectivity index (χ0) is 16.9. The van der Waals surface area contributed by atoms with Gasteiger partial charge in [-0.05, 0) is 40.5 Å². The fourth-order valence-electron chi connectivity index (χ4n) is 2.11. The summed E-state index contributed by atoms with van der Waals surface area (Å²) in [6.45, 7) is 2.26. The Bertz CT molecular complexity index is 841. The van der Waals surface area contributed by atoms with Crippen LogP contribution in [0.4, 0.5) is 5.69 Å². The van der Waals surface area contributed by atoms with Crippen molar-refractivity contribution in [1.82, 2.24) is 9.97 Å². The molecule has 0 saturated heterocycles. The molecule has 0 fully saturated rings. The van der Waals surface area contributed by atoms with Crippen molar-refractivity contribution in [2.24, 2.45) is 0 Å². The maximum atomic E-state index is 5.89. The molecule has 3 rings (SSSR count). The third-order valence-electron chi connectivity index (χ3n) is 3.36. The van der Waals surface area contributed by atoms with Crippen LogP contribution in [0.5, 0.6) is 17.4 Å². The number of nitrogens with zero attached hydrogens (tertiary/aromatic N) is 2. The Kier molecular flexibility index (Phi) is 4.96. The number of aromatic nitrogens is 2. The molecule has 0 saturated carbocycles. The molecule has 0 amide bonds. The molecule has 0 unspecified atom stereocenters. The average Bonchev–Trinajstić information content (AvgIpc) is 2.59. The first kappa shape index (κ1) is 16.3. The molecule has 5 nitrogen and oxygen atoms in total. The van der Waals surface area contributed by atoms with Crippen molar-refractivity contribution in [3.63, 3.8) is 0 Å². The van der Waals surface area contributed by atoms with Crippen LogP contribution in [0.2, 0.25) is 0 Å². The molecule has 0 bridgehead atoms. The van der Waals surface area contributed by atoms with Crippen LogP contribution in [0, 0.1) is 6.92 Å². The monoisotopic (exact) mass is 385 g/mol. The smallest absolute Gasteiger partial charge is 0.265 e. The largest absolute Gasteiger partial charge is 0.482 e. The highest BCUT2D eigenvalue weighted by molar-refractivity contribution is 9.10. The maximum Gasteiger partial charge on any atom is 0.265 e. The van der Waals surface area contributed by atoms with Crippen molar-refractivity contribution in [1.29, 1.82) is 0 Å². The molecule has 0 aliphatic carbocycles. The third-order valence-corrected chi connectivity index (χ3v) is 4.08. The van der Waals surface area contributed by atoms with Gasteiger partial charge in [0.2, 0.25) is 5.75 Å². The third kappa shape index (κ3) is 3.83. The molecule has 0 radical (unpaired) electrons. The first-order valence-electron chi connectivity index (χ1n) is 7.34. The summed E-state index contributed by atoms with van der Waals surface area (Å²) in [5, 5.41) is 0. The zero-order valence-electron chi connectivity index (χ0n) is 13.1. The van der Waals surface area contributed by atoms with E-state index in [1.165, 1.54) is 6.33 Å². The van der Waals surface area contributed by atoms with Gasteiger partial charge >= 0.3 is 0 Å². The minimum atomic E-state index is 0.361. The Labute approximate surface area is 148 Å². The molecule has 0 aliphatic heterocycles. The second kappa shape index (κ2) is 7.31. The number of nitrogen functional groups attached to an aromatic ring is 1. The lowest BCUT2D eigenvalue weighted by Crippen LogP contribution is -2.02. The average molecular weight is 386 g/mol. The van der Waals surface area contributed by atoms with E-state index < -0.39 is 0 Å². The molecule has 6 heteroatoms. The molecule has 0 spiro atoms. The highest BCUT2D eigenvalue weighted by Crippen LogP contribution is 2.33. The summed E-state index contributed by atoms with van der Waals surface area (Å²) >= 11 is 3.36. The Hall–Kier alpha value is -2.60. The number of rotatable bonds is 5. The van der Waals surface area contributed by atoms with Gasteiger partial charge in [0.05, 0.1) is 5.69 Å². The SMILES string of the molecule is Cc1ncnc(Oc2ccc(Br)c(N)c2)c1OCc1ccccc1. The molecular weight excluding hydrogens is 370 g/mol. The lowest BCUT2D eigenvalue weighted by molar-refractivity contribution is 0.283. The van der Waals surface area contributed by atoms with Crippen molar-refractivity contribution in [3.8, 4) is 17.4 Å². The molecular formula is C18H16BrN3O2. The second-order valence-corrected chi connectivity index (χ2v) is 6.01. The van der Waals surface area contributed by atoms with E-state index in [0.29, 0.717) is 35.4 Å². The lowest BCUT2D eigenvalue weighted by Gasteiger charge is -2.13. The van der Waals surface area contributed by atoms with Crippen LogP contribution in [0.15, 0.2) is 59.3 Å². The summed E-state index contributed by atoms with van der Waals surface area (Å²) in [6.07, 6.45) is 1.45. The normalized spacial score (nSPS) is 10.4. The van der Waals surface area contributed by atoms with E-state index in [0.717, 1.165) is 10.0 Å². The van der Waals surface area contributed by atoms with Gasteiger partial charge in [-0.25, -0.2) is 4.98 Å². The molecule has 3 aromatic rings. The van der Waals surface area contributed by atoms with E-state index in [9.17, 15) is 0 Å². The summed E-state index contributed by atoms with van der Waals surface area (Å²) in [4.78, 5) is 8.37. The first-order chi connectivity index (χ1) is 11.6. The van der Waals surface area contributed by atoms with Gasteiger partial charge in [0.1, 0.15) is 18.7 Å². The van der Waals surface area contributed by atoms with Crippen LogP contribution in [0.3, 0.4) is 0 Å². The number of nitrogens with two attached hydrogens (primary N) is 1. The van der Waals surface area contributed by atoms with Crippen molar-refractivity contribution >= 4 is 21.6 Å². The van der Waals surface area contributed by atoms with Crippen LogP contribution in [-0.2, 0) is 6.61 Å². The maximum absolute atomic E-state index is 5.89. The topological polar surface area (TPSA) is 70.3 Å². The quantitative estimate of drug-likeness (QED) is 0.654. The van der Waals surface area contributed by atoms with Gasteiger partial charge in [0.25, 0.3) is 5.88 Å². The predicted octanol–water partition coefficient (Wildman–Crippen LogP) is 4.50. The number of halogens is 1. The summed E-state index contributed by atoms with van der Waals surface area (Å²) in [7, 11) is 0. The molecule has 2 aromatic carbocycles. The first-order valence-corrected chi connectivity index (χ1v) is 8.14. The standard InChI is InChI=1S/C18H16BrN3O2/c1-12-17(23-10-13-5-3-2-4-6-13)18(22-11-21-12)24-14-7-8-15(19)16(20)9-14/h2-9,11H,10,20H2,1H3.